The lowest BCUT2D eigenvalue weighted by Crippen LogP contribution is -2.22. The Balaban J connectivity index is 0. The lowest BCUT2D eigenvalue weighted by Gasteiger charge is -2.14. The fourth-order valence-corrected chi connectivity index (χ4v) is 0.867. The van der Waals surface area contributed by atoms with Gasteiger partial charge in [0.1, 0.15) is 0 Å². The molecule has 2 N–H and O–H groups in total. The van der Waals surface area contributed by atoms with E-state index in [9.17, 15) is 0 Å². The molecule has 0 amide bonds. The molecule has 70 valence electrons. The molecule has 0 heterocycles. The summed E-state index contributed by atoms with van der Waals surface area (Å²) in [5.74, 6) is 1.55. The first-order chi connectivity index (χ1) is 5.18. The SMILES string of the molecule is CC(C)C(C)CCNCCO.[HH]. The molecule has 0 saturated heterocycles. The van der Waals surface area contributed by atoms with Crippen LogP contribution in [0.1, 0.15) is 28.6 Å². The highest BCUT2D eigenvalue weighted by Gasteiger charge is 2.05. The fraction of sp³-hybridized carbons (Fsp3) is 1.00. The molecule has 0 spiro atoms. The van der Waals surface area contributed by atoms with Crippen molar-refractivity contribution in [1.29, 1.82) is 0 Å². The second-order valence-corrected chi connectivity index (χ2v) is 3.48. The largest absolute Gasteiger partial charge is 0.395 e. The Kier molecular flexibility index (Phi) is 6.57. The Morgan fingerprint density at radius 2 is 1.91 bits per heavy atom. The number of aliphatic hydroxyl groups excluding tert-OH is 1. The Bertz CT molecular complexity index is 88.6. The number of rotatable bonds is 6. The lowest BCUT2D eigenvalue weighted by molar-refractivity contribution is 0.288. The van der Waals surface area contributed by atoms with Gasteiger partial charge in [-0.25, -0.2) is 0 Å². The van der Waals surface area contributed by atoms with Gasteiger partial charge in [0.25, 0.3) is 0 Å². The van der Waals surface area contributed by atoms with Crippen molar-refractivity contribution in [3.8, 4) is 0 Å². The molecular formula is C9H23NO. The van der Waals surface area contributed by atoms with Crippen LogP contribution in [-0.2, 0) is 0 Å². The van der Waals surface area contributed by atoms with Gasteiger partial charge in [0, 0.05) is 7.97 Å². The van der Waals surface area contributed by atoms with E-state index in [4.69, 9.17) is 5.11 Å². The predicted molar refractivity (Wildman–Crippen MR) is 50.7 cm³/mol. The van der Waals surface area contributed by atoms with Crippen LogP contribution in [0.25, 0.3) is 0 Å². The van der Waals surface area contributed by atoms with E-state index in [0.29, 0.717) is 0 Å². The van der Waals surface area contributed by atoms with Crippen LogP contribution >= 0.6 is 0 Å². The smallest absolute Gasteiger partial charge is 0.0555 e. The molecule has 0 saturated carbocycles. The van der Waals surface area contributed by atoms with Crippen molar-refractivity contribution < 1.29 is 6.53 Å². The standard InChI is InChI=1S/C9H21NO.H2/c1-8(2)9(3)4-5-10-6-7-11;/h8-11H,4-7H2,1-3H3;1H. The highest BCUT2D eigenvalue weighted by Crippen LogP contribution is 2.12. The summed E-state index contributed by atoms with van der Waals surface area (Å²) < 4.78 is 0. The summed E-state index contributed by atoms with van der Waals surface area (Å²) in [6.45, 7) is 8.76. The van der Waals surface area contributed by atoms with Crippen LogP contribution in [0.15, 0.2) is 0 Å². The zero-order valence-electron chi connectivity index (χ0n) is 7.93. The third-order valence-corrected chi connectivity index (χ3v) is 2.20. The molecule has 0 bridgehead atoms. The maximum atomic E-state index is 8.48. The van der Waals surface area contributed by atoms with Gasteiger partial charge < -0.3 is 10.4 Å². The normalized spacial score (nSPS) is 13.9. The first-order valence-electron chi connectivity index (χ1n) is 4.50. The van der Waals surface area contributed by atoms with Crippen LogP contribution in [-0.4, -0.2) is 24.8 Å². The molecule has 2 heteroatoms. The van der Waals surface area contributed by atoms with Gasteiger partial charge in [0.15, 0.2) is 0 Å². The van der Waals surface area contributed by atoms with Crippen molar-refractivity contribution >= 4 is 0 Å². The predicted octanol–water partition coefficient (Wildman–Crippen LogP) is 1.50. The van der Waals surface area contributed by atoms with E-state index in [1.54, 1.807) is 0 Å². The molecule has 0 aromatic carbocycles. The summed E-state index contributed by atoms with van der Waals surface area (Å²) >= 11 is 0. The van der Waals surface area contributed by atoms with Crippen molar-refractivity contribution in [2.75, 3.05) is 19.7 Å². The Morgan fingerprint density at radius 3 is 2.36 bits per heavy atom. The van der Waals surface area contributed by atoms with Crippen LogP contribution in [0.4, 0.5) is 0 Å². The molecule has 2 nitrogen and oxygen atoms in total. The molecule has 1 unspecified atom stereocenters. The van der Waals surface area contributed by atoms with Crippen LogP contribution in [0.3, 0.4) is 0 Å². The van der Waals surface area contributed by atoms with E-state index in [1.165, 1.54) is 6.42 Å². The minimum absolute atomic E-state index is 0. The number of nitrogens with one attached hydrogen (secondary N) is 1. The van der Waals surface area contributed by atoms with Crippen molar-refractivity contribution in [2.24, 2.45) is 11.8 Å². The molecule has 1 atom stereocenters. The third kappa shape index (κ3) is 6.32. The first-order valence-corrected chi connectivity index (χ1v) is 4.50. The fourth-order valence-electron chi connectivity index (χ4n) is 0.867. The quantitative estimate of drug-likeness (QED) is 0.579. The lowest BCUT2D eigenvalue weighted by atomic mass is 9.95. The van der Waals surface area contributed by atoms with Gasteiger partial charge in [-0.15, -0.1) is 0 Å². The average Bonchev–Trinajstić information content (AvgIpc) is 1.97. The third-order valence-electron chi connectivity index (χ3n) is 2.20. The zero-order chi connectivity index (χ0) is 8.69. The molecule has 0 aromatic heterocycles. The van der Waals surface area contributed by atoms with Crippen LogP contribution in [0.5, 0.6) is 0 Å². The molecule has 0 aromatic rings. The number of aliphatic hydroxyl groups is 1. The van der Waals surface area contributed by atoms with E-state index >= 15 is 0 Å². The van der Waals surface area contributed by atoms with Gasteiger partial charge in [0.05, 0.1) is 6.61 Å². The summed E-state index contributed by atoms with van der Waals surface area (Å²) in [6, 6.07) is 0. The molecule has 11 heavy (non-hydrogen) atoms. The van der Waals surface area contributed by atoms with Gasteiger partial charge in [-0.2, -0.15) is 0 Å². The van der Waals surface area contributed by atoms with Crippen molar-refractivity contribution in [2.45, 2.75) is 27.2 Å². The van der Waals surface area contributed by atoms with Crippen molar-refractivity contribution in [1.82, 2.24) is 5.32 Å². The maximum absolute atomic E-state index is 8.48. The van der Waals surface area contributed by atoms with E-state index in [2.05, 4.69) is 26.1 Å². The van der Waals surface area contributed by atoms with E-state index in [0.717, 1.165) is 24.9 Å². The monoisotopic (exact) mass is 161 g/mol. The number of hydrogen-bond donors (Lipinski definition) is 2. The van der Waals surface area contributed by atoms with Gasteiger partial charge in [-0.1, -0.05) is 20.8 Å². The average molecular weight is 161 g/mol. The van der Waals surface area contributed by atoms with Crippen LogP contribution in [0.2, 0.25) is 0 Å². The van der Waals surface area contributed by atoms with Crippen LogP contribution in [0, 0.1) is 11.8 Å². The Labute approximate surface area is 71.5 Å². The molecular weight excluding hydrogens is 138 g/mol. The second kappa shape index (κ2) is 6.62. The Hall–Kier alpha value is -0.0800. The van der Waals surface area contributed by atoms with Gasteiger partial charge >= 0.3 is 0 Å². The Morgan fingerprint density at radius 1 is 1.27 bits per heavy atom. The topological polar surface area (TPSA) is 32.3 Å². The minimum atomic E-state index is 0. The highest BCUT2D eigenvalue weighted by molar-refractivity contribution is 4.58. The van der Waals surface area contributed by atoms with Gasteiger partial charge in [0.2, 0.25) is 0 Å². The van der Waals surface area contributed by atoms with Crippen LogP contribution < -0.4 is 5.32 Å². The molecule has 0 fully saturated rings. The molecule has 0 aliphatic heterocycles. The van der Waals surface area contributed by atoms with Crippen molar-refractivity contribution in [3.05, 3.63) is 0 Å². The zero-order valence-corrected chi connectivity index (χ0v) is 7.93. The van der Waals surface area contributed by atoms with Crippen molar-refractivity contribution in [3.63, 3.8) is 0 Å². The summed E-state index contributed by atoms with van der Waals surface area (Å²) in [4.78, 5) is 0. The summed E-state index contributed by atoms with van der Waals surface area (Å²) in [5, 5.41) is 11.6. The summed E-state index contributed by atoms with van der Waals surface area (Å²) in [6.07, 6.45) is 1.21. The number of hydrogen-bond acceptors (Lipinski definition) is 2. The first kappa shape index (κ1) is 10.9. The maximum Gasteiger partial charge on any atom is 0.0555 e. The second-order valence-electron chi connectivity index (χ2n) is 3.48. The summed E-state index contributed by atoms with van der Waals surface area (Å²) in [5.41, 5.74) is 0. The van der Waals surface area contributed by atoms with E-state index in [1.807, 2.05) is 0 Å². The van der Waals surface area contributed by atoms with E-state index in [-0.39, 0.29) is 8.03 Å². The summed E-state index contributed by atoms with van der Waals surface area (Å²) in [7, 11) is 0. The van der Waals surface area contributed by atoms with Gasteiger partial charge in [-0.05, 0) is 24.8 Å². The minimum Gasteiger partial charge on any atom is -0.395 e. The van der Waals surface area contributed by atoms with E-state index < -0.39 is 0 Å². The molecule has 0 aliphatic rings. The van der Waals surface area contributed by atoms with Gasteiger partial charge in [-0.3, -0.25) is 0 Å². The highest BCUT2D eigenvalue weighted by atomic mass is 16.3. The molecule has 0 rings (SSSR count). The molecule has 0 radical (unpaired) electrons. The molecule has 0 aliphatic carbocycles.